The third-order valence-corrected chi connectivity index (χ3v) is 5.09. The Bertz CT molecular complexity index is 715. The van der Waals surface area contributed by atoms with Crippen molar-refractivity contribution >= 4 is 29.2 Å². The smallest absolute Gasteiger partial charge is 0.314 e. The molecule has 8 heteroatoms. The van der Waals surface area contributed by atoms with Crippen LogP contribution in [0, 0.1) is 5.92 Å². The molecule has 2 saturated heterocycles. The molecule has 1 aromatic rings. The molecule has 2 aliphatic heterocycles. The molecule has 2 fully saturated rings. The van der Waals surface area contributed by atoms with Crippen molar-refractivity contribution in [3.05, 3.63) is 23.8 Å². The van der Waals surface area contributed by atoms with E-state index in [4.69, 9.17) is 11.5 Å². The van der Waals surface area contributed by atoms with Crippen LogP contribution in [0.5, 0.6) is 0 Å². The van der Waals surface area contributed by atoms with E-state index in [0.717, 1.165) is 38.0 Å². The average molecular weight is 359 g/mol. The minimum atomic E-state index is -0.536. The Morgan fingerprint density at radius 2 is 1.77 bits per heavy atom. The number of carbonyl (C=O) groups excluding carboxylic acids is 3. The second kappa shape index (κ2) is 7.63. The lowest BCUT2D eigenvalue weighted by atomic mass is 9.97. The molecule has 0 saturated carbocycles. The predicted molar refractivity (Wildman–Crippen MR) is 98.9 cm³/mol. The quantitative estimate of drug-likeness (QED) is 0.745. The van der Waals surface area contributed by atoms with Crippen LogP contribution < -0.4 is 21.7 Å². The van der Waals surface area contributed by atoms with Crippen molar-refractivity contribution in [3.8, 4) is 0 Å². The lowest BCUT2D eigenvalue weighted by Crippen LogP contribution is -2.46. The van der Waals surface area contributed by atoms with Crippen molar-refractivity contribution in [2.45, 2.75) is 25.7 Å². The van der Waals surface area contributed by atoms with E-state index in [9.17, 15) is 14.4 Å². The third-order valence-electron chi connectivity index (χ3n) is 5.09. The molecule has 1 atom stereocenters. The van der Waals surface area contributed by atoms with Gasteiger partial charge in [0, 0.05) is 31.7 Å². The first-order valence-electron chi connectivity index (χ1n) is 9.00. The molecule has 2 aliphatic rings. The molecular formula is C18H25N5O3. The summed E-state index contributed by atoms with van der Waals surface area (Å²) in [4.78, 5) is 39.4. The van der Waals surface area contributed by atoms with Crippen LogP contribution >= 0.6 is 0 Å². The monoisotopic (exact) mass is 359 g/mol. The number of benzene rings is 1. The lowest BCUT2D eigenvalue weighted by molar-refractivity contribution is -0.121. The minimum absolute atomic E-state index is 0.169. The first kappa shape index (κ1) is 18.0. The predicted octanol–water partition coefficient (Wildman–Crippen LogP) is 1.11. The Hall–Kier alpha value is -2.77. The molecular weight excluding hydrogens is 334 g/mol. The number of hydrogen-bond acceptors (Lipinski definition) is 4. The van der Waals surface area contributed by atoms with Crippen molar-refractivity contribution in [1.82, 2.24) is 4.90 Å². The fraction of sp³-hybridized carbons (Fsp3) is 0.500. The van der Waals surface area contributed by atoms with E-state index < -0.39 is 11.9 Å². The fourth-order valence-electron chi connectivity index (χ4n) is 3.65. The van der Waals surface area contributed by atoms with Gasteiger partial charge < -0.3 is 26.6 Å². The highest BCUT2D eigenvalue weighted by Gasteiger charge is 2.28. The summed E-state index contributed by atoms with van der Waals surface area (Å²) in [6.45, 7) is 2.72. The zero-order valence-corrected chi connectivity index (χ0v) is 14.7. The summed E-state index contributed by atoms with van der Waals surface area (Å²) in [5.41, 5.74) is 12.6. The van der Waals surface area contributed by atoms with Gasteiger partial charge in [-0.15, -0.1) is 0 Å². The van der Waals surface area contributed by atoms with Crippen LogP contribution in [0.25, 0.3) is 0 Å². The zero-order chi connectivity index (χ0) is 18.7. The van der Waals surface area contributed by atoms with Crippen LogP contribution in [-0.4, -0.2) is 48.9 Å². The van der Waals surface area contributed by atoms with Gasteiger partial charge in [-0.05, 0) is 43.9 Å². The molecule has 1 unspecified atom stereocenters. The highest BCUT2D eigenvalue weighted by atomic mass is 16.2. The summed E-state index contributed by atoms with van der Waals surface area (Å²) in [6.07, 6.45) is 3.63. The summed E-state index contributed by atoms with van der Waals surface area (Å²) in [5.74, 6) is -1.02. The van der Waals surface area contributed by atoms with Gasteiger partial charge in [0.05, 0.1) is 17.3 Å². The van der Waals surface area contributed by atoms with E-state index in [0.29, 0.717) is 30.8 Å². The van der Waals surface area contributed by atoms with E-state index in [2.05, 4.69) is 10.2 Å². The molecule has 4 amide bonds. The number of nitrogens with zero attached hydrogens (tertiary/aromatic N) is 2. The van der Waals surface area contributed by atoms with Crippen LogP contribution in [-0.2, 0) is 4.79 Å². The Morgan fingerprint density at radius 3 is 2.42 bits per heavy atom. The molecule has 0 spiro atoms. The number of rotatable bonds is 4. The number of piperidine rings is 1. The van der Waals surface area contributed by atoms with Crippen LogP contribution in [0.2, 0.25) is 0 Å². The number of nitrogens with one attached hydrogen (secondary N) is 1. The molecule has 2 heterocycles. The van der Waals surface area contributed by atoms with Gasteiger partial charge in [0.15, 0.2) is 0 Å². The fourth-order valence-corrected chi connectivity index (χ4v) is 3.65. The van der Waals surface area contributed by atoms with Gasteiger partial charge in [0.25, 0.3) is 0 Å². The number of carbonyl (C=O) groups is 3. The van der Waals surface area contributed by atoms with Gasteiger partial charge in [0.1, 0.15) is 0 Å². The maximum Gasteiger partial charge on any atom is 0.314 e. The second-order valence-electron chi connectivity index (χ2n) is 6.90. The summed E-state index contributed by atoms with van der Waals surface area (Å²) in [5, 5.41) is 2.94. The van der Waals surface area contributed by atoms with Gasteiger partial charge in [-0.2, -0.15) is 0 Å². The summed E-state index contributed by atoms with van der Waals surface area (Å²) < 4.78 is 0. The van der Waals surface area contributed by atoms with Gasteiger partial charge in [-0.3, -0.25) is 9.59 Å². The molecule has 1 aromatic carbocycles. The number of nitrogens with two attached hydrogens (primary N) is 2. The van der Waals surface area contributed by atoms with Gasteiger partial charge in [-0.1, -0.05) is 0 Å². The molecule has 140 valence electrons. The van der Waals surface area contributed by atoms with Crippen molar-refractivity contribution in [3.63, 3.8) is 0 Å². The number of anilines is 2. The maximum atomic E-state index is 12.8. The summed E-state index contributed by atoms with van der Waals surface area (Å²) in [7, 11) is 0. The molecule has 0 aliphatic carbocycles. The topological polar surface area (TPSA) is 122 Å². The Labute approximate surface area is 152 Å². The summed E-state index contributed by atoms with van der Waals surface area (Å²) in [6, 6.07) is 4.64. The first-order valence-corrected chi connectivity index (χ1v) is 9.00. The normalized spacial score (nSPS) is 20.1. The van der Waals surface area contributed by atoms with Gasteiger partial charge in [0.2, 0.25) is 11.8 Å². The lowest BCUT2D eigenvalue weighted by Gasteiger charge is -2.31. The second-order valence-corrected chi connectivity index (χ2v) is 6.90. The maximum absolute atomic E-state index is 12.8. The van der Waals surface area contributed by atoms with E-state index in [1.165, 1.54) is 4.90 Å². The molecule has 0 bridgehead atoms. The Kier molecular flexibility index (Phi) is 5.29. The Morgan fingerprint density at radius 1 is 1.04 bits per heavy atom. The number of hydrogen-bond donors (Lipinski definition) is 3. The van der Waals surface area contributed by atoms with Gasteiger partial charge >= 0.3 is 6.03 Å². The molecule has 0 aromatic heterocycles. The third kappa shape index (κ3) is 3.89. The molecule has 8 nitrogen and oxygen atoms in total. The van der Waals surface area contributed by atoms with Crippen molar-refractivity contribution in [1.29, 1.82) is 0 Å². The van der Waals surface area contributed by atoms with Crippen LogP contribution in [0.1, 0.15) is 36.0 Å². The zero-order valence-electron chi connectivity index (χ0n) is 14.7. The minimum Gasteiger partial charge on any atom is -0.370 e. The largest absolute Gasteiger partial charge is 0.370 e. The van der Waals surface area contributed by atoms with Crippen molar-refractivity contribution in [2.24, 2.45) is 17.4 Å². The molecule has 5 N–H and O–H groups in total. The van der Waals surface area contributed by atoms with Crippen LogP contribution in [0.3, 0.4) is 0 Å². The first-order chi connectivity index (χ1) is 12.5. The van der Waals surface area contributed by atoms with E-state index >= 15 is 0 Å². The van der Waals surface area contributed by atoms with Crippen molar-refractivity contribution in [2.75, 3.05) is 36.4 Å². The SMILES string of the molecule is NC(=O)c1ccc(N2CCCC2)c(NC(=O)C2CCCN(C(N)=O)C2)c1. The Balaban J connectivity index is 1.80. The molecule has 0 radical (unpaired) electrons. The van der Waals surface area contributed by atoms with E-state index in [-0.39, 0.29) is 11.8 Å². The molecule has 3 rings (SSSR count). The number of likely N-dealkylation sites (tertiary alicyclic amines) is 1. The van der Waals surface area contributed by atoms with E-state index in [1.807, 2.05) is 6.07 Å². The highest BCUT2D eigenvalue weighted by molar-refractivity contribution is 6.00. The molecule has 26 heavy (non-hydrogen) atoms. The number of amides is 4. The van der Waals surface area contributed by atoms with Crippen LogP contribution in [0.4, 0.5) is 16.2 Å². The van der Waals surface area contributed by atoms with Crippen molar-refractivity contribution < 1.29 is 14.4 Å². The average Bonchev–Trinajstić information content (AvgIpc) is 3.16. The van der Waals surface area contributed by atoms with Crippen LogP contribution in [0.15, 0.2) is 18.2 Å². The number of urea groups is 1. The summed E-state index contributed by atoms with van der Waals surface area (Å²) >= 11 is 0. The standard InChI is InChI=1S/C18H25N5O3/c19-16(24)12-5-6-15(22-7-1-2-8-22)14(10-12)21-17(25)13-4-3-9-23(11-13)18(20)26/h5-6,10,13H,1-4,7-9,11H2,(H2,19,24)(H2,20,26)(H,21,25). The van der Waals surface area contributed by atoms with Gasteiger partial charge in [-0.25, -0.2) is 4.79 Å². The number of primary amides is 2. The highest BCUT2D eigenvalue weighted by Crippen LogP contribution is 2.31. The van der Waals surface area contributed by atoms with E-state index in [1.54, 1.807) is 12.1 Å².